The predicted molar refractivity (Wildman–Crippen MR) is 89.4 cm³/mol. The summed E-state index contributed by atoms with van der Waals surface area (Å²) in [5.74, 6) is -0.218. The standard InChI is InChI=1S/C15H22BrFN2O.ClH/c1-15(2,10-20)14(19-8-6-18-7-9-19)13-11(16)4-3-5-12(13)17;/h3-5,14,18,20H,6-10H2,1-2H3;1H/t14-;/m1./s1. The van der Waals surface area contributed by atoms with Gasteiger partial charge in [-0.1, -0.05) is 35.8 Å². The molecule has 0 saturated carbocycles. The lowest BCUT2D eigenvalue weighted by Gasteiger charge is -2.43. The molecule has 0 aromatic heterocycles. The largest absolute Gasteiger partial charge is 0.396 e. The molecular weight excluding hydrogens is 359 g/mol. The van der Waals surface area contributed by atoms with Crippen LogP contribution in [0.4, 0.5) is 4.39 Å². The second kappa shape index (κ2) is 7.88. The van der Waals surface area contributed by atoms with Crippen LogP contribution in [0.15, 0.2) is 22.7 Å². The van der Waals surface area contributed by atoms with E-state index in [2.05, 4.69) is 26.1 Å². The van der Waals surface area contributed by atoms with E-state index in [1.54, 1.807) is 6.07 Å². The number of halogens is 3. The highest BCUT2D eigenvalue weighted by Crippen LogP contribution is 2.42. The van der Waals surface area contributed by atoms with Crippen molar-refractivity contribution in [3.8, 4) is 0 Å². The fourth-order valence-corrected chi connectivity index (χ4v) is 3.43. The van der Waals surface area contributed by atoms with Gasteiger partial charge in [0, 0.05) is 54.3 Å². The summed E-state index contributed by atoms with van der Waals surface area (Å²) in [7, 11) is 0. The third kappa shape index (κ3) is 4.17. The number of hydrogen-bond acceptors (Lipinski definition) is 3. The Morgan fingerprint density at radius 2 is 2.00 bits per heavy atom. The number of nitrogens with one attached hydrogen (secondary N) is 1. The van der Waals surface area contributed by atoms with Gasteiger partial charge in [-0.25, -0.2) is 4.39 Å². The molecule has 21 heavy (non-hydrogen) atoms. The van der Waals surface area contributed by atoms with E-state index in [-0.39, 0.29) is 30.9 Å². The molecule has 1 aromatic carbocycles. The molecule has 2 N–H and O–H groups in total. The second-order valence-electron chi connectivity index (χ2n) is 5.97. The van der Waals surface area contributed by atoms with Crippen LogP contribution in [0.2, 0.25) is 0 Å². The second-order valence-corrected chi connectivity index (χ2v) is 6.82. The maximum absolute atomic E-state index is 14.4. The van der Waals surface area contributed by atoms with Gasteiger partial charge >= 0.3 is 0 Å². The topological polar surface area (TPSA) is 35.5 Å². The summed E-state index contributed by atoms with van der Waals surface area (Å²) in [5, 5.41) is 13.1. The number of benzene rings is 1. The first-order valence-corrected chi connectivity index (χ1v) is 7.76. The molecule has 1 aromatic rings. The predicted octanol–water partition coefficient (Wildman–Crippen LogP) is 2.97. The highest BCUT2D eigenvalue weighted by molar-refractivity contribution is 9.10. The molecule has 0 aliphatic carbocycles. The van der Waals surface area contributed by atoms with Crippen LogP contribution in [-0.2, 0) is 0 Å². The number of rotatable bonds is 4. The Morgan fingerprint density at radius 3 is 2.52 bits per heavy atom. The van der Waals surface area contributed by atoms with E-state index in [0.29, 0.717) is 5.56 Å². The van der Waals surface area contributed by atoms with Crippen LogP contribution < -0.4 is 5.32 Å². The lowest BCUT2D eigenvalue weighted by atomic mass is 9.79. The number of aliphatic hydroxyl groups excluding tert-OH is 1. The molecule has 1 aliphatic rings. The fraction of sp³-hybridized carbons (Fsp3) is 0.600. The first-order chi connectivity index (χ1) is 9.47. The third-order valence-corrected chi connectivity index (χ3v) is 4.63. The van der Waals surface area contributed by atoms with E-state index in [1.807, 2.05) is 19.9 Å². The fourth-order valence-electron chi connectivity index (χ4n) is 2.87. The van der Waals surface area contributed by atoms with Crippen molar-refractivity contribution in [2.75, 3.05) is 32.8 Å². The van der Waals surface area contributed by atoms with Gasteiger partial charge < -0.3 is 10.4 Å². The van der Waals surface area contributed by atoms with Gasteiger partial charge in [-0.2, -0.15) is 0 Å². The molecular formula is C15H23BrClFN2O. The summed E-state index contributed by atoms with van der Waals surface area (Å²) in [6, 6.07) is 4.90. The molecule has 1 fully saturated rings. The number of hydrogen-bond donors (Lipinski definition) is 2. The van der Waals surface area contributed by atoms with Crippen molar-refractivity contribution >= 4 is 28.3 Å². The molecule has 6 heteroatoms. The highest BCUT2D eigenvalue weighted by Gasteiger charge is 2.38. The van der Waals surface area contributed by atoms with E-state index >= 15 is 0 Å². The molecule has 2 rings (SSSR count). The average molecular weight is 382 g/mol. The molecule has 0 radical (unpaired) electrons. The lowest BCUT2D eigenvalue weighted by Crippen LogP contribution is -2.50. The van der Waals surface area contributed by atoms with Gasteiger partial charge in [-0.15, -0.1) is 12.4 Å². The zero-order chi connectivity index (χ0) is 14.8. The van der Waals surface area contributed by atoms with Crippen molar-refractivity contribution in [1.29, 1.82) is 0 Å². The molecule has 0 unspecified atom stereocenters. The molecule has 1 aliphatic heterocycles. The summed E-state index contributed by atoms with van der Waals surface area (Å²) in [5.41, 5.74) is 0.232. The lowest BCUT2D eigenvalue weighted by molar-refractivity contribution is 0.0282. The van der Waals surface area contributed by atoms with Crippen molar-refractivity contribution in [3.63, 3.8) is 0 Å². The van der Waals surface area contributed by atoms with Gasteiger partial charge in [-0.3, -0.25) is 4.90 Å². The average Bonchev–Trinajstić information content (AvgIpc) is 2.43. The summed E-state index contributed by atoms with van der Waals surface area (Å²) in [4.78, 5) is 2.26. The number of aliphatic hydroxyl groups is 1. The van der Waals surface area contributed by atoms with Crippen LogP contribution >= 0.6 is 28.3 Å². The number of piperazine rings is 1. The first kappa shape index (κ1) is 18.8. The molecule has 1 saturated heterocycles. The quantitative estimate of drug-likeness (QED) is 0.842. The maximum Gasteiger partial charge on any atom is 0.129 e. The maximum atomic E-state index is 14.4. The Morgan fingerprint density at radius 1 is 1.38 bits per heavy atom. The van der Waals surface area contributed by atoms with Crippen LogP contribution in [0, 0.1) is 11.2 Å². The Hall–Kier alpha value is -0.200. The minimum absolute atomic E-state index is 0. The normalized spacial score (nSPS) is 18.1. The molecule has 0 bridgehead atoms. The van der Waals surface area contributed by atoms with Crippen molar-refractivity contribution in [3.05, 3.63) is 34.1 Å². The van der Waals surface area contributed by atoms with Gasteiger partial charge in [0.05, 0.1) is 0 Å². The minimum atomic E-state index is -0.415. The van der Waals surface area contributed by atoms with Gasteiger partial charge in [0.25, 0.3) is 0 Å². The van der Waals surface area contributed by atoms with Crippen LogP contribution in [0.3, 0.4) is 0 Å². The van der Waals surface area contributed by atoms with Gasteiger partial charge in [0.2, 0.25) is 0 Å². The molecule has 120 valence electrons. The van der Waals surface area contributed by atoms with Gasteiger partial charge in [0.1, 0.15) is 5.82 Å². The van der Waals surface area contributed by atoms with E-state index in [9.17, 15) is 9.50 Å². The Balaban J connectivity index is 0.00000220. The first-order valence-electron chi connectivity index (χ1n) is 6.97. The molecule has 1 heterocycles. The van der Waals surface area contributed by atoms with Crippen LogP contribution in [0.25, 0.3) is 0 Å². The Kier molecular flexibility index (Phi) is 7.07. The Labute approximate surface area is 140 Å². The van der Waals surface area contributed by atoms with Gasteiger partial charge in [0.15, 0.2) is 0 Å². The summed E-state index contributed by atoms with van der Waals surface area (Å²) >= 11 is 3.47. The highest BCUT2D eigenvalue weighted by atomic mass is 79.9. The van der Waals surface area contributed by atoms with Crippen LogP contribution in [-0.4, -0.2) is 42.8 Å². The van der Waals surface area contributed by atoms with E-state index in [1.165, 1.54) is 6.07 Å². The van der Waals surface area contributed by atoms with Crippen molar-refractivity contribution in [1.82, 2.24) is 10.2 Å². The molecule has 0 amide bonds. The SMILES string of the molecule is CC(C)(CO)[C@@H](c1c(F)cccc1Br)N1CCNCC1.Cl. The minimum Gasteiger partial charge on any atom is -0.396 e. The van der Waals surface area contributed by atoms with Crippen LogP contribution in [0.5, 0.6) is 0 Å². The zero-order valence-corrected chi connectivity index (χ0v) is 14.8. The molecule has 3 nitrogen and oxygen atoms in total. The summed E-state index contributed by atoms with van der Waals surface area (Å²) in [6.07, 6.45) is 0. The smallest absolute Gasteiger partial charge is 0.129 e. The van der Waals surface area contributed by atoms with Crippen molar-refractivity contribution in [2.45, 2.75) is 19.9 Å². The van der Waals surface area contributed by atoms with Crippen molar-refractivity contribution < 1.29 is 9.50 Å². The molecule has 1 atom stereocenters. The number of nitrogens with zero attached hydrogens (tertiary/aromatic N) is 1. The summed E-state index contributed by atoms with van der Waals surface area (Å²) in [6.45, 7) is 7.48. The summed E-state index contributed by atoms with van der Waals surface area (Å²) < 4.78 is 15.1. The van der Waals surface area contributed by atoms with Crippen LogP contribution in [0.1, 0.15) is 25.5 Å². The monoisotopic (exact) mass is 380 g/mol. The van der Waals surface area contributed by atoms with E-state index in [0.717, 1.165) is 30.7 Å². The van der Waals surface area contributed by atoms with Crippen molar-refractivity contribution in [2.24, 2.45) is 5.41 Å². The van der Waals surface area contributed by atoms with E-state index < -0.39 is 5.41 Å². The molecule has 0 spiro atoms. The third-order valence-electron chi connectivity index (χ3n) is 3.94. The Bertz CT molecular complexity index is 447. The zero-order valence-electron chi connectivity index (χ0n) is 12.4. The van der Waals surface area contributed by atoms with E-state index in [4.69, 9.17) is 0 Å². The van der Waals surface area contributed by atoms with Gasteiger partial charge in [-0.05, 0) is 12.1 Å².